The molecule has 2 amide bonds. The van der Waals surface area contributed by atoms with Gasteiger partial charge in [0.2, 0.25) is 0 Å². The molecule has 3 rings (SSSR count). The first kappa shape index (κ1) is 16.3. The zero-order valence-corrected chi connectivity index (χ0v) is 13.9. The number of hydrogen-bond acceptors (Lipinski definition) is 4. The molecule has 2 saturated heterocycles. The van der Waals surface area contributed by atoms with Crippen LogP contribution in [0, 0.1) is 23.7 Å². The lowest BCUT2D eigenvalue weighted by Crippen LogP contribution is -2.63. The molecule has 7 nitrogen and oxygen atoms in total. The van der Waals surface area contributed by atoms with Crippen LogP contribution in [0.4, 0.5) is 10.6 Å². The van der Waals surface area contributed by atoms with E-state index in [1.165, 1.54) is 6.21 Å². The Morgan fingerprint density at radius 3 is 2.83 bits per heavy atom. The molecule has 7 heteroatoms. The summed E-state index contributed by atoms with van der Waals surface area (Å²) < 4.78 is 0. The minimum Gasteiger partial charge on any atom is -0.318 e. The van der Waals surface area contributed by atoms with Crippen LogP contribution in [0.25, 0.3) is 0 Å². The van der Waals surface area contributed by atoms with Crippen molar-refractivity contribution in [3.05, 3.63) is 23.4 Å². The first-order valence-corrected chi connectivity index (χ1v) is 8.17. The van der Waals surface area contributed by atoms with Crippen molar-refractivity contribution >= 4 is 30.1 Å². The summed E-state index contributed by atoms with van der Waals surface area (Å²) in [5.74, 6) is 1.16. The summed E-state index contributed by atoms with van der Waals surface area (Å²) in [6.07, 6.45) is 7.14. The molecule has 2 unspecified atom stereocenters. The third-order valence-corrected chi connectivity index (χ3v) is 4.79. The highest BCUT2D eigenvalue weighted by atomic mass is 16.2. The van der Waals surface area contributed by atoms with E-state index < -0.39 is 0 Å². The summed E-state index contributed by atoms with van der Waals surface area (Å²) in [7, 11) is 0. The minimum absolute atomic E-state index is 0. The lowest BCUT2D eigenvalue weighted by Gasteiger charge is -2.54. The Morgan fingerprint density at radius 1 is 1.46 bits per heavy atom. The topological polar surface area (TPSA) is 105 Å². The van der Waals surface area contributed by atoms with E-state index >= 15 is 0 Å². The number of aryl methyl sites for hydroxylation is 1. The number of pyridine rings is 1. The smallest absolute Gasteiger partial charge is 0.318 e. The number of aromatic nitrogens is 1. The van der Waals surface area contributed by atoms with Crippen molar-refractivity contribution in [2.24, 2.45) is 10.9 Å². The molecule has 24 heavy (non-hydrogen) atoms. The molecule has 0 radical (unpaired) electrons. The molecule has 1 aromatic rings. The van der Waals surface area contributed by atoms with Crippen LogP contribution in [0.2, 0.25) is 0 Å². The Hall–Kier alpha value is -2.57. The molecule has 3 heterocycles. The third kappa shape index (κ3) is 3.06. The van der Waals surface area contributed by atoms with E-state index in [1.807, 2.05) is 11.8 Å². The SMILES string of the molecule is Cc1cnc(NC(=O)N2C3CC(C)CC2C3)cc1C(=N)N=CC=N.[HH]. The summed E-state index contributed by atoms with van der Waals surface area (Å²) in [4.78, 5) is 22.6. The lowest BCUT2D eigenvalue weighted by atomic mass is 9.74. The van der Waals surface area contributed by atoms with Crippen LogP contribution in [-0.2, 0) is 0 Å². The molecule has 2 bridgehead atoms. The molecule has 2 fully saturated rings. The van der Waals surface area contributed by atoms with E-state index in [9.17, 15) is 4.79 Å². The minimum atomic E-state index is -0.111. The van der Waals surface area contributed by atoms with Crippen molar-refractivity contribution in [2.45, 2.75) is 45.2 Å². The van der Waals surface area contributed by atoms with E-state index in [0.717, 1.165) is 31.0 Å². The van der Waals surface area contributed by atoms with Gasteiger partial charge < -0.3 is 10.3 Å². The standard InChI is InChI=1S/C17H22N6O.H2/c1-10-5-12-7-13(6-10)23(12)17(24)22-15-8-14(11(2)9-21-15)16(19)20-4-3-18;/h3-4,8-10,12-13,18-19H,5-7H2,1-2H3,(H,21,22,24);1H. The number of nitrogens with one attached hydrogen (secondary N) is 3. The molecule has 128 valence electrons. The van der Waals surface area contributed by atoms with Gasteiger partial charge in [-0.1, -0.05) is 6.92 Å². The van der Waals surface area contributed by atoms with Gasteiger partial charge >= 0.3 is 6.03 Å². The van der Waals surface area contributed by atoms with Gasteiger partial charge in [0.15, 0.2) is 5.84 Å². The summed E-state index contributed by atoms with van der Waals surface area (Å²) in [6.45, 7) is 4.08. The number of hydrogen-bond donors (Lipinski definition) is 3. The molecule has 0 saturated carbocycles. The number of aliphatic imine (C=N–C) groups is 1. The molecule has 2 aliphatic rings. The second-order valence-corrected chi connectivity index (χ2v) is 6.64. The molecular weight excluding hydrogens is 304 g/mol. The lowest BCUT2D eigenvalue weighted by molar-refractivity contribution is -0.00603. The van der Waals surface area contributed by atoms with Crippen molar-refractivity contribution in [1.82, 2.24) is 9.88 Å². The highest BCUT2D eigenvalue weighted by Gasteiger charge is 2.46. The molecular formula is C17H24N6O. The average molecular weight is 328 g/mol. The van der Waals surface area contributed by atoms with E-state index in [4.69, 9.17) is 10.8 Å². The fourth-order valence-electron chi connectivity index (χ4n) is 3.68. The van der Waals surface area contributed by atoms with Crippen LogP contribution < -0.4 is 5.32 Å². The van der Waals surface area contributed by atoms with Crippen LogP contribution in [0.5, 0.6) is 0 Å². The largest absolute Gasteiger partial charge is 0.323 e. The number of amidine groups is 1. The summed E-state index contributed by atoms with van der Waals surface area (Å²) in [5.41, 5.74) is 1.39. The van der Waals surface area contributed by atoms with Gasteiger partial charge in [-0.2, -0.15) is 0 Å². The molecule has 3 N–H and O–H groups in total. The fraction of sp³-hybridized carbons (Fsp3) is 0.471. The van der Waals surface area contributed by atoms with Crippen molar-refractivity contribution in [1.29, 1.82) is 10.8 Å². The number of fused-ring (bicyclic) bond motifs is 2. The second kappa shape index (κ2) is 6.51. The van der Waals surface area contributed by atoms with Crippen LogP contribution >= 0.6 is 0 Å². The van der Waals surface area contributed by atoms with E-state index in [-0.39, 0.29) is 13.3 Å². The zero-order chi connectivity index (χ0) is 17.3. The van der Waals surface area contributed by atoms with Crippen LogP contribution in [0.1, 0.15) is 38.7 Å². The molecule has 0 aliphatic carbocycles. The van der Waals surface area contributed by atoms with Crippen molar-refractivity contribution in [2.75, 3.05) is 5.32 Å². The summed E-state index contributed by atoms with van der Waals surface area (Å²) in [5, 5.41) is 17.8. The highest BCUT2D eigenvalue weighted by molar-refractivity contribution is 6.19. The van der Waals surface area contributed by atoms with Crippen molar-refractivity contribution in [3.63, 3.8) is 0 Å². The van der Waals surface area contributed by atoms with Gasteiger partial charge in [-0.3, -0.25) is 10.7 Å². The molecule has 2 aliphatic heterocycles. The number of rotatable bonds is 3. The van der Waals surface area contributed by atoms with Gasteiger partial charge in [0, 0.05) is 37.7 Å². The van der Waals surface area contributed by atoms with Crippen molar-refractivity contribution < 1.29 is 6.22 Å². The van der Waals surface area contributed by atoms with Crippen LogP contribution in [0.15, 0.2) is 17.3 Å². The number of carbonyl (C=O) groups excluding carboxylic acids is 1. The second-order valence-electron chi connectivity index (χ2n) is 6.64. The number of carbonyl (C=O) groups is 1. The number of nitrogens with zero attached hydrogens (tertiary/aromatic N) is 3. The number of piperidine rings is 1. The summed E-state index contributed by atoms with van der Waals surface area (Å²) in [6, 6.07) is 2.24. The predicted molar refractivity (Wildman–Crippen MR) is 96.6 cm³/mol. The van der Waals surface area contributed by atoms with Gasteiger partial charge in [0.25, 0.3) is 0 Å². The maximum atomic E-state index is 12.5. The van der Waals surface area contributed by atoms with Crippen LogP contribution in [-0.4, -0.2) is 46.3 Å². The monoisotopic (exact) mass is 328 g/mol. The van der Waals surface area contributed by atoms with E-state index in [0.29, 0.717) is 29.4 Å². The van der Waals surface area contributed by atoms with Crippen LogP contribution in [0.3, 0.4) is 0 Å². The molecule has 2 atom stereocenters. The maximum absolute atomic E-state index is 12.5. The molecule has 0 aromatic carbocycles. The fourth-order valence-corrected chi connectivity index (χ4v) is 3.68. The van der Waals surface area contributed by atoms with E-state index in [1.54, 1.807) is 12.3 Å². The normalized spacial score (nSPS) is 25.2. The zero-order valence-electron chi connectivity index (χ0n) is 13.9. The molecule has 1 aromatic heterocycles. The first-order valence-electron chi connectivity index (χ1n) is 8.17. The quantitative estimate of drug-likeness (QED) is 0.586. The Kier molecular flexibility index (Phi) is 4.42. The number of anilines is 1. The third-order valence-electron chi connectivity index (χ3n) is 4.79. The van der Waals surface area contributed by atoms with Gasteiger partial charge in [-0.05, 0) is 43.7 Å². The Bertz CT molecular complexity index is 707. The van der Waals surface area contributed by atoms with Gasteiger partial charge in [0.05, 0.1) is 0 Å². The average Bonchev–Trinajstić information content (AvgIpc) is 2.53. The Balaban J connectivity index is 0.00000225. The number of amides is 2. The van der Waals surface area contributed by atoms with Gasteiger partial charge in [-0.25, -0.2) is 14.8 Å². The Morgan fingerprint density at radius 2 is 2.17 bits per heavy atom. The maximum Gasteiger partial charge on any atom is 0.323 e. The number of urea groups is 1. The molecule has 0 spiro atoms. The van der Waals surface area contributed by atoms with E-state index in [2.05, 4.69) is 22.2 Å². The first-order chi connectivity index (χ1) is 11.5. The van der Waals surface area contributed by atoms with Gasteiger partial charge in [0.1, 0.15) is 5.82 Å². The van der Waals surface area contributed by atoms with Gasteiger partial charge in [-0.15, -0.1) is 0 Å². The highest BCUT2D eigenvalue weighted by Crippen LogP contribution is 2.41. The predicted octanol–water partition coefficient (Wildman–Crippen LogP) is 3.09. The Labute approximate surface area is 142 Å². The summed E-state index contributed by atoms with van der Waals surface area (Å²) >= 11 is 0. The van der Waals surface area contributed by atoms with Crippen molar-refractivity contribution in [3.8, 4) is 0 Å².